The standard InChI is InChI=1S/C47H60N10O7/c1-8-64-39-20-15-30(25-48-39)57-35(28-13-16-31-33(23-28)51-42(49-31)37-11-9-21-55(37)44(58)40(26(2)3)53-46(60)62-6)18-19-36(57)29-14-17-32-34(24-29)52-43(50-32)38-12-10-22-56(38)45(59)41(27(4)5)54-47(61)63-7/h13-17,20,23-27,35-38,40-41H,8-12,18-19,21-22H2,1-7H3,(H,49,51)(H,50,52)(H,53,60)(H,54,61)/t35-,36?,37+,38+,40+,41+/m1/s1. The molecule has 2 aromatic carbocycles. The summed E-state index contributed by atoms with van der Waals surface area (Å²) in [4.78, 5) is 79.9. The number of aromatic nitrogens is 5. The van der Waals surface area contributed by atoms with Crippen molar-refractivity contribution in [2.45, 2.75) is 109 Å². The molecule has 5 aromatic rings. The average molecular weight is 877 g/mol. The molecule has 17 heteroatoms. The molecule has 8 rings (SSSR count). The number of ether oxygens (including phenoxy) is 3. The van der Waals surface area contributed by atoms with E-state index in [1.54, 1.807) is 0 Å². The van der Waals surface area contributed by atoms with Crippen LogP contribution < -0.4 is 20.3 Å². The van der Waals surface area contributed by atoms with Gasteiger partial charge in [-0.05, 0) is 98.7 Å². The van der Waals surface area contributed by atoms with Crippen molar-refractivity contribution in [2.24, 2.45) is 11.8 Å². The van der Waals surface area contributed by atoms with Crippen LogP contribution >= 0.6 is 0 Å². The molecule has 1 unspecified atom stereocenters. The number of carbonyl (C=O) groups excluding carboxylic acids is 4. The molecule has 4 N–H and O–H groups in total. The van der Waals surface area contributed by atoms with Crippen LogP contribution in [0.4, 0.5) is 15.3 Å². The number of rotatable bonds is 13. The first kappa shape index (κ1) is 44.2. The lowest BCUT2D eigenvalue weighted by Crippen LogP contribution is -2.51. The van der Waals surface area contributed by atoms with Crippen LogP contribution in [0, 0.1) is 11.8 Å². The lowest BCUT2D eigenvalue weighted by Gasteiger charge is -2.33. The Morgan fingerprint density at radius 2 is 1.17 bits per heavy atom. The maximum Gasteiger partial charge on any atom is 0.407 e. The summed E-state index contributed by atoms with van der Waals surface area (Å²) in [5, 5.41) is 5.46. The van der Waals surface area contributed by atoms with Crippen LogP contribution in [0.15, 0.2) is 54.7 Å². The summed E-state index contributed by atoms with van der Waals surface area (Å²) in [6.07, 6.45) is 5.55. The monoisotopic (exact) mass is 876 g/mol. The Morgan fingerprint density at radius 1 is 0.688 bits per heavy atom. The number of pyridine rings is 1. The van der Waals surface area contributed by atoms with E-state index in [1.807, 2.05) is 68.8 Å². The molecular formula is C47H60N10O7. The lowest BCUT2D eigenvalue weighted by molar-refractivity contribution is -0.136. The number of alkyl carbamates (subject to hydrolysis) is 2. The summed E-state index contributed by atoms with van der Waals surface area (Å²) in [5.74, 6) is 1.47. The third-order valence-electron chi connectivity index (χ3n) is 13.0. The Balaban J connectivity index is 1.07. The van der Waals surface area contributed by atoms with Crippen LogP contribution in [-0.2, 0) is 19.1 Å². The number of imidazole rings is 2. The van der Waals surface area contributed by atoms with Crippen LogP contribution in [0.1, 0.15) is 120 Å². The Morgan fingerprint density at radius 3 is 1.58 bits per heavy atom. The second-order valence-corrected chi connectivity index (χ2v) is 17.7. The number of anilines is 1. The van der Waals surface area contributed by atoms with E-state index in [0.717, 1.165) is 89.1 Å². The molecule has 17 nitrogen and oxygen atoms in total. The van der Waals surface area contributed by atoms with Gasteiger partial charge in [-0.2, -0.15) is 0 Å². The minimum atomic E-state index is -0.715. The molecule has 3 aliphatic heterocycles. The molecule has 340 valence electrons. The van der Waals surface area contributed by atoms with Gasteiger partial charge in [-0.15, -0.1) is 0 Å². The highest BCUT2D eigenvalue weighted by atomic mass is 16.5. The topological polar surface area (TPSA) is 200 Å². The summed E-state index contributed by atoms with van der Waals surface area (Å²) in [5.41, 5.74) is 6.62. The summed E-state index contributed by atoms with van der Waals surface area (Å²) >= 11 is 0. The number of hydrogen-bond acceptors (Lipinski definition) is 11. The van der Waals surface area contributed by atoms with Gasteiger partial charge in [0, 0.05) is 19.2 Å². The first-order valence-electron chi connectivity index (χ1n) is 22.5. The molecule has 4 amide bonds. The average Bonchev–Trinajstić information content (AvgIpc) is 4.15. The number of methoxy groups -OCH3 is 2. The highest BCUT2D eigenvalue weighted by Crippen LogP contribution is 2.48. The second kappa shape index (κ2) is 18.8. The van der Waals surface area contributed by atoms with Gasteiger partial charge in [0.1, 0.15) is 23.7 Å². The number of H-pyrrole nitrogens is 2. The van der Waals surface area contributed by atoms with Crippen molar-refractivity contribution < 1.29 is 33.4 Å². The second-order valence-electron chi connectivity index (χ2n) is 17.7. The number of hydrogen-bond donors (Lipinski definition) is 4. The van der Waals surface area contributed by atoms with Crippen molar-refractivity contribution in [2.75, 3.05) is 38.8 Å². The number of nitrogens with one attached hydrogen (secondary N) is 4. The van der Waals surface area contributed by atoms with Crippen LogP contribution in [0.5, 0.6) is 5.88 Å². The van der Waals surface area contributed by atoms with E-state index in [1.165, 1.54) is 14.2 Å². The quantitative estimate of drug-likeness (QED) is 0.0919. The first-order valence-corrected chi connectivity index (χ1v) is 22.5. The summed E-state index contributed by atoms with van der Waals surface area (Å²) in [6.45, 7) is 11.2. The fraction of sp³-hybridized carbons (Fsp3) is 0.511. The lowest BCUT2D eigenvalue weighted by atomic mass is 10.0. The molecule has 0 bridgehead atoms. The predicted octanol–water partition coefficient (Wildman–Crippen LogP) is 7.40. The van der Waals surface area contributed by atoms with Crippen LogP contribution in [-0.4, -0.2) is 105 Å². The minimum absolute atomic E-state index is 0.000216. The SMILES string of the molecule is CCOc1ccc(N2C(c3ccc4nc([C@@H]5CCCN5C(=O)[C@@H](NC(=O)OC)C(C)C)[nH]c4c3)CC[C@@H]2c2ccc3nc([C@@H]4CCCN4C(=O)[C@@H](NC(=O)OC)C(C)C)[nH]c3c2)cn1. The number of fused-ring (bicyclic) bond motifs is 2. The van der Waals surface area contributed by atoms with Crippen molar-refractivity contribution in [1.29, 1.82) is 0 Å². The first-order chi connectivity index (χ1) is 30.9. The van der Waals surface area contributed by atoms with Crippen LogP contribution in [0.25, 0.3) is 22.1 Å². The fourth-order valence-corrected chi connectivity index (χ4v) is 9.79. The zero-order valence-electron chi connectivity index (χ0n) is 37.7. The number of likely N-dealkylation sites (tertiary alicyclic amines) is 2. The fourth-order valence-electron chi connectivity index (χ4n) is 9.79. The summed E-state index contributed by atoms with van der Waals surface area (Å²) in [6, 6.07) is 14.8. The van der Waals surface area contributed by atoms with Gasteiger partial charge in [-0.3, -0.25) is 9.59 Å². The van der Waals surface area contributed by atoms with Crippen molar-refractivity contribution in [3.8, 4) is 5.88 Å². The molecular weight excluding hydrogens is 817 g/mol. The number of carbonyl (C=O) groups is 4. The molecule has 6 atom stereocenters. The van der Waals surface area contributed by atoms with Gasteiger partial charge in [0.2, 0.25) is 17.7 Å². The van der Waals surface area contributed by atoms with Gasteiger partial charge in [-0.25, -0.2) is 24.5 Å². The van der Waals surface area contributed by atoms with E-state index in [-0.39, 0.29) is 47.8 Å². The van der Waals surface area contributed by atoms with Crippen LogP contribution in [0.3, 0.4) is 0 Å². The molecule has 6 heterocycles. The molecule has 0 spiro atoms. The minimum Gasteiger partial charge on any atom is -0.478 e. The molecule has 3 fully saturated rings. The highest BCUT2D eigenvalue weighted by Gasteiger charge is 2.40. The normalized spacial score (nSPS) is 20.9. The number of aromatic amines is 2. The summed E-state index contributed by atoms with van der Waals surface area (Å²) < 4.78 is 15.4. The van der Waals surface area contributed by atoms with Gasteiger partial charge in [0.05, 0.1) is 78.9 Å². The third kappa shape index (κ3) is 8.76. The maximum absolute atomic E-state index is 13.9. The van der Waals surface area contributed by atoms with Crippen LogP contribution in [0.2, 0.25) is 0 Å². The molecule has 64 heavy (non-hydrogen) atoms. The maximum atomic E-state index is 13.9. The third-order valence-corrected chi connectivity index (χ3v) is 13.0. The van der Waals surface area contributed by atoms with Gasteiger partial charge in [-0.1, -0.05) is 39.8 Å². The number of amides is 4. The molecule has 0 radical (unpaired) electrons. The molecule has 0 saturated carbocycles. The smallest absolute Gasteiger partial charge is 0.407 e. The largest absolute Gasteiger partial charge is 0.478 e. The molecule has 0 aliphatic carbocycles. The van der Waals surface area contributed by atoms with Crippen molar-refractivity contribution in [3.63, 3.8) is 0 Å². The van der Waals surface area contributed by atoms with E-state index >= 15 is 0 Å². The van der Waals surface area contributed by atoms with Crippen molar-refractivity contribution in [3.05, 3.63) is 77.5 Å². The van der Waals surface area contributed by atoms with Gasteiger partial charge >= 0.3 is 12.2 Å². The zero-order valence-corrected chi connectivity index (χ0v) is 37.7. The molecule has 3 aromatic heterocycles. The Hall–Kier alpha value is -6.39. The van der Waals surface area contributed by atoms with Gasteiger partial charge < -0.3 is 49.5 Å². The Labute approximate surface area is 373 Å². The van der Waals surface area contributed by atoms with Crippen molar-refractivity contribution in [1.82, 2.24) is 45.4 Å². The van der Waals surface area contributed by atoms with Gasteiger partial charge in [0.25, 0.3) is 0 Å². The highest BCUT2D eigenvalue weighted by molar-refractivity contribution is 5.87. The number of nitrogens with zero attached hydrogens (tertiary/aromatic N) is 6. The van der Waals surface area contributed by atoms with E-state index in [9.17, 15) is 19.2 Å². The summed E-state index contributed by atoms with van der Waals surface area (Å²) in [7, 11) is 2.59. The van der Waals surface area contributed by atoms with E-state index in [2.05, 4.69) is 60.8 Å². The van der Waals surface area contributed by atoms with Gasteiger partial charge in [0.15, 0.2) is 0 Å². The predicted molar refractivity (Wildman–Crippen MR) is 240 cm³/mol. The van der Waals surface area contributed by atoms with Crippen molar-refractivity contribution >= 4 is 51.8 Å². The van der Waals surface area contributed by atoms with E-state index in [0.29, 0.717) is 25.6 Å². The molecule has 3 saturated heterocycles. The number of benzene rings is 2. The zero-order chi connectivity index (χ0) is 45.2. The van der Waals surface area contributed by atoms with E-state index in [4.69, 9.17) is 24.2 Å². The molecule has 3 aliphatic rings. The Kier molecular flexibility index (Phi) is 13.0. The van der Waals surface area contributed by atoms with E-state index < -0.39 is 24.3 Å². The Bertz CT molecular complexity index is 2340.